The number of anilines is 1. The summed E-state index contributed by atoms with van der Waals surface area (Å²) in [7, 11) is 3.50. The van der Waals surface area contributed by atoms with Crippen LogP contribution < -0.4 is 15.4 Å². The van der Waals surface area contributed by atoms with Gasteiger partial charge in [0.05, 0.1) is 25.3 Å². The van der Waals surface area contributed by atoms with E-state index in [0.717, 1.165) is 40.8 Å². The maximum Gasteiger partial charge on any atom is 0.244 e. The van der Waals surface area contributed by atoms with E-state index in [1.807, 2.05) is 31.4 Å². The van der Waals surface area contributed by atoms with Gasteiger partial charge in [-0.3, -0.25) is 0 Å². The Balaban J connectivity index is 1.49. The number of rotatable bonds is 5. The molecule has 10 heteroatoms. The van der Waals surface area contributed by atoms with Gasteiger partial charge in [0.1, 0.15) is 11.0 Å². The van der Waals surface area contributed by atoms with Crippen LogP contribution in [0.4, 0.5) is 5.95 Å². The van der Waals surface area contributed by atoms with Crippen LogP contribution in [0.2, 0.25) is 0 Å². The third-order valence-corrected chi connectivity index (χ3v) is 5.09. The lowest BCUT2D eigenvalue weighted by Crippen LogP contribution is -2.42. The highest BCUT2D eigenvalue weighted by molar-refractivity contribution is 5.89. The number of benzene rings is 1. The molecule has 0 unspecified atom stereocenters. The molecule has 29 heavy (non-hydrogen) atoms. The minimum absolute atomic E-state index is 0.0912. The van der Waals surface area contributed by atoms with Crippen LogP contribution in [0.15, 0.2) is 30.5 Å². The fourth-order valence-electron chi connectivity index (χ4n) is 3.60. The van der Waals surface area contributed by atoms with Crippen LogP contribution in [-0.2, 0) is 11.8 Å². The number of hydrogen-bond donors (Lipinski definition) is 2. The van der Waals surface area contributed by atoms with E-state index >= 15 is 0 Å². The number of morpholine rings is 1. The normalized spacial score (nSPS) is 17.1. The minimum Gasteiger partial charge on any atom is -0.479 e. The van der Waals surface area contributed by atoms with E-state index in [-0.39, 0.29) is 6.10 Å². The predicted octanol–water partition coefficient (Wildman–Crippen LogP) is 1.09. The van der Waals surface area contributed by atoms with Crippen molar-refractivity contribution >= 4 is 22.5 Å². The van der Waals surface area contributed by atoms with E-state index in [1.165, 1.54) is 0 Å². The molecular weight excluding hydrogens is 372 g/mol. The van der Waals surface area contributed by atoms with Gasteiger partial charge >= 0.3 is 0 Å². The molecule has 10 nitrogen and oxygen atoms in total. The second kappa shape index (κ2) is 7.30. The number of hydrogen-bond acceptors (Lipinski definition) is 8. The first-order chi connectivity index (χ1) is 14.2. The number of aryl methyl sites for hydroxylation is 1. The van der Waals surface area contributed by atoms with Crippen LogP contribution >= 0.6 is 0 Å². The first kappa shape index (κ1) is 17.8. The minimum atomic E-state index is 0.0912. The first-order valence-corrected chi connectivity index (χ1v) is 9.52. The lowest BCUT2D eigenvalue weighted by molar-refractivity contribution is 0.0371. The summed E-state index contributed by atoms with van der Waals surface area (Å²) in [6.07, 6.45) is 2.00. The largest absolute Gasteiger partial charge is 0.479 e. The van der Waals surface area contributed by atoms with Crippen molar-refractivity contribution in [2.45, 2.75) is 6.10 Å². The van der Waals surface area contributed by atoms with E-state index < -0.39 is 0 Å². The van der Waals surface area contributed by atoms with E-state index in [2.05, 4.69) is 37.1 Å². The number of ether oxygens (including phenoxy) is 2. The number of fused-ring (bicyclic) bond motifs is 2. The molecule has 150 valence electrons. The van der Waals surface area contributed by atoms with Gasteiger partial charge in [0.2, 0.25) is 11.8 Å². The van der Waals surface area contributed by atoms with Crippen molar-refractivity contribution in [2.75, 3.05) is 38.7 Å². The summed E-state index contributed by atoms with van der Waals surface area (Å²) in [6, 6.07) is 8.05. The summed E-state index contributed by atoms with van der Waals surface area (Å²) >= 11 is 0. The lowest BCUT2D eigenvalue weighted by atomic mass is 10.1. The summed E-state index contributed by atoms with van der Waals surface area (Å²) in [4.78, 5) is 4.56. The molecule has 5 rings (SSSR count). The Kier molecular flexibility index (Phi) is 4.49. The zero-order chi connectivity index (χ0) is 19.8. The van der Waals surface area contributed by atoms with Crippen LogP contribution in [-0.4, -0.2) is 69.0 Å². The van der Waals surface area contributed by atoms with Crippen LogP contribution in [0, 0.1) is 0 Å². The maximum absolute atomic E-state index is 5.71. The van der Waals surface area contributed by atoms with E-state index in [1.54, 1.807) is 16.3 Å². The van der Waals surface area contributed by atoms with Gasteiger partial charge in [0, 0.05) is 38.4 Å². The molecule has 0 radical (unpaired) electrons. The van der Waals surface area contributed by atoms with Gasteiger partial charge in [-0.15, -0.1) is 10.2 Å². The molecule has 0 spiro atoms. The summed E-state index contributed by atoms with van der Waals surface area (Å²) < 4.78 is 14.9. The van der Waals surface area contributed by atoms with Crippen LogP contribution in [0.25, 0.3) is 27.7 Å². The van der Waals surface area contributed by atoms with Crippen LogP contribution in [0.1, 0.15) is 0 Å². The van der Waals surface area contributed by atoms with Crippen molar-refractivity contribution in [1.82, 2.24) is 34.9 Å². The van der Waals surface area contributed by atoms with Crippen LogP contribution in [0.3, 0.4) is 0 Å². The molecular formula is C19H22N8O2. The quantitative estimate of drug-likeness (QED) is 0.518. The summed E-state index contributed by atoms with van der Waals surface area (Å²) in [5.41, 5.74) is 4.63. The second-order valence-corrected chi connectivity index (χ2v) is 6.96. The molecule has 0 bridgehead atoms. The highest BCUT2D eigenvalue weighted by atomic mass is 16.5. The van der Waals surface area contributed by atoms with E-state index in [0.29, 0.717) is 25.0 Å². The third kappa shape index (κ3) is 3.26. The Bertz CT molecular complexity index is 1160. The molecule has 1 aliphatic heterocycles. The Morgan fingerprint density at radius 3 is 3.10 bits per heavy atom. The summed E-state index contributed by atoms with van der Waals surface area (Å²) in [5.74, 6) is 1.00. The first-order valence-electron chi connectivity index (χ1n) is 9.52. The van der Waals surface area contributed by atoms with Gasteiger partial charge in [-0.25, -0.2) is 9.20 Å². The Hall–Kier alpha value is -3.24. The predicted molar refractivity (Wildman–Crippen MR) is 108 cm³/mol. The maximum atomic E-state index is 5.71. The topological polar surface area (TPSA) is 103 Å². The Morgan fingerprint density at radius 1 is 1.34 bits per heavy atom. The molecule has 1 aromatic carbocycles. The number of nitrogens with zero attached hydrogens (tertiary/aromatic N) is 6. The average molecular weight is 394 g/mol. The Labute approximate surface area is 166 Å². The van der Waals surface area contributed by atoms with Gasteiger partial charge < -0.3 is 20.1 Å². The van der Waals surface area contributed by atoms with Crippen molar-refractivity contribution in [3.8, 4) is 17.0 Å². The van der Waals surface area contributed by atoms with Crippen LogP contribution in [0.5, 0.6) is 5.88 Å². The average Bonchev–Trinajstić information content (AvgIpc) is 3.36. The van der Waals surface area contributed by atoms with E-state index in [4.69, 9.17) is 9.47 Å². The van der Waals surface area contributed by atoms with Crippen molar-refractivity contribution in [2.24, 2.45) is 7.05 Å². The third-order valence-electron chi connectivity index (χ3n) is 5.09. The molecule has 0 amide bonds. The second-order valence-electron chi connectivity index (χ2n) is 6.96. The Morgan fingerprint density at radius 2 is 2.28 bits per heavy atom. The molecule has 2 N–H and O–H groups in total. The number of aromatic nitrogens is 6. The molecule has 1 aliphatic rings. The molecule has 4 heterocycles. The van der Waals surface area contributed by atoms with E-state index in [9.17, 15) is 0 Å². The summed E-state index contributed by atoms with van der Waals surface area (Å²) in [6.45, 7) is 3.04. The van der Waals surface area contributed by atoms with Crippen molar-refractivity contribution in [3.05, 3.63) is 30.5 Å². The SMILES string of the molecule is COc1nc(NC[C@@H]2CNCCO2)nn2ccc(-c3ccc4nnn(C)c4c3)c12. The zero-order valence-electron chi connectivity index (χ0n) is 16.3. The zero-order valence-corrected chi connectivity index (χ0v) is 16.3. The molecule has 4 aromatic rings. The van der Waals surface area contributed by atoms with Gasteiger partial charge in [-0.05, 0) is 23.8 Å². The summed E-state index contributed by atoms with van der Waals surface area (Å²) in [5, 5.41) is 19.4. The monoisotopic (exact) mass is 394 g/mol. The molecule has 1 fully saturated rings. The number of nitrogens with one attached hydrogen (secondary N) is 2. The van der Waals surface area contributed by atoms with Crippen molar-refractivity contribution < 1.29 is 9.47 Å². The van der Waals surface area contributed by atoms with Crippen molar-refractivity contribution in [1.29, 1.82) is 0 Å². The lowest BCUT2D eigenvalue weighted by Gasteiger charge is -2.23. The highest BCUT2D eigenvalue weighted by Gasteiger charge is 2.17. The molecule has 1 saturated heterocycles. The van der Waals surface area contributed by atoms with Crippen molar-refractivity contribution in [3.63, 3.8) is 0 Å². The van der Waals surface area contributed by atoms with Gasteiger partial charge in [0.25, 0.3) is 0 Å². The molecule has 0 aliphatic carbocycles. The molecule has 3 aromatic heterocycles. The van der Waals surface area contributed by atoms with Gasteiger partial charge in [-0.1, -0.05) is 11.3 Å². The smallest absolute Gasteiger partial charge is 0.244 e. The standard InChI is InChI=1S/C19H22N8O2/c1-26-16-9-12(3-4-15(16)23-25-26)14-5-7-27-17(14)18(28-2)22-19(24-27)21-11-13-10-20-6-8-29-13/h3-5,7,9,13,20H,6,8,10-11H2,1-2H3,(H,21,24)/t13-/m0/s1. The fraction of sp³-hybridized carbons (Fsp3) is 0.368. The number of methoxy groups -OCH3 is 1. The highest BCUT2D eigenvalue weighted by Crippen LogP contribution is 2.32. The van der Waals surface area contributed by atoms with Gasteiger partial charge in [-0.2, -0.15) is 4.98 Å². The van der Waals surface area contributed by atoms with Gasteiger partial charge in [0.15, 0.2) is 0 Å². The fourth-order valence-corrected chi connectivity index (χ4v) is 3.60. The molecule has 0 saturated carbocycles. The molecule has 1 atom stereocenters.